The lowest BCUT2D eigenvalue weighted by Crippen LogP contribution is -2.40. The molecule has 1 aromatic rings. The van der Waals surface area contributed by atoms with E-state index in [4.69, 9.17) is 4.74 Å². The molecule has 3 rings (SSSR count). The second-order valence-electron chi connectivity index (χ2n) is 6.38. The highest BCUT2D eigenvalue weighted by molar-refractivity contribution is 5.95. The van der Waals surface area contributed by atoms with E-state index in [1.54, 1.807) is 29.2 Å². The highest BCUT2D eigenvalue weighted by Gasteiger charge is 2.20. The Morgan fingerprint density at radius 2 is 1.74 bits per heavy atom. The van der Waals surface area contributed by atoms with E-state index in [2.05, 4.69) is 5.32 Å². The molecule has 1 saturated heterocycles. The first-order valence-corrected chi connectivity index (χ1v) is 8.49. The van der Waals surface area contributed by atoms with E-state index >= 15 is 0 Å². The molecule has 5 nitrogen and oxygen atoms in total. The van der Waals surface area contributed by atoms with Gasteiger partial charge in [-0.25, -0.2) is 0 Å². The highest BCUT2D eigenvalue weighted by Crippen LogP contribution is 2.27. The number of hydrogen-bond acceptors (Lipinski definition) is 3. The third-order valence-corrected chi connectivity index (χ3v) is 4.66. The molecule has 1 aliphatic heterocycles. The number of nitrogens with zero attached hydrogens (tertiary/aromatic N) is 1. The van der Waals surface area contributed by atoms with Crippen LogP contribution in [0.4, 0.5) is 5.69 Å². The van der Waals surface area contributed by atoms with E-state index in [0.29, 0.717) is 44.2 Å². The maximum absolute atomic E-state index is 12.3. The zero-order valence-electron chi connectivity index (χ0n) is 13.4. The van der Waals surface area contributed by atoms with E-state index in [-0.39, 0.29) is 11.8 Å². The molecule has 0 atom stereocenters. The standard InChI is InChI=1S/C18H24N2O3/c21-17(13-14-3-1-2-4-14)19-16-7-5-15(6-8-16)18(22)20-9-11-23-12-10-20/h5-8,14H,1-4,9-13H2,(H,19,21). The van der Waals surface area contributed by atoms with Crippen molar-refractivity contribution in [2.45, 2.75) is 32.1 Å². The maximum atomic E-state index is 12.3. The lowest BCUT2D eigenvalue weighted by atomic mass is 10.0. The average molecular weight is 316 g/mol. The first-order chi connectivity index (χ1) is 11.2. The van der Waals surface area contributed by atoms with Crippen LogP contribution in [0, 0.1) is 5.92 Å². The third-order valence-electron chi connectivity index (χ3n) is 4.66. The molecule has 2 aliphatic rings. The monoisotopic (exact) mass is 316 g/mol. The molecule has 1 N–H and O–H groups in total. The van der Waals surface area contributed by atoms with Gasteiger partial charge in [-0.15, -0.1) is 0 Å². The van der Waals surface area contributed by atoms with Gasteiger partial charge < -0.3 is 15.0 Å². The van der Waals surface area contributed by atoms with Crippen LogP contribution >= 0.6 is 0 Å². The molecule has 1 heterocycles. The summed E-state index contributed by atoms with van der Waals surface area (Å²) in [5.41, 5.74) is 1.41. The van der Waals surface area contributed by atoms with Crippen LogP contribution in [0.2, 0.25) is 0 Å². The minimum Gasteiger partial charge on any atom is -0.378 e. The van der Waals surface area contributed by atoms with Crippen LogP contribution in [-0.4, -0.2) is 43.0 Å². The smallest absolute Gasteiger partial charge is 0.254 e. The summed E-state index contributed by atoms with van der Waals surface area (Å²) in [6.07, 6.45) is 5.43. The normalized spacial score (nSPS) is 18.9. The molecule has 23 heavy (non-hydrogen) atoms. The van der Waals surface area contributed by atoms with E-state index in [0.717, 1.165) is 5.69 Å². The van der Waals surface area contributed by atoms with Gasteiger partial charge in [0.2, 0.25) is 5.91 Å². The molecule has 5 heteroatoms. The van der Waals surface area contributed by atoms with Crippen molar-refractivity contribution >= 4 is 17.5 Å². The number of nitrogens with one attached hydrogen (secondary N) is 1. The molecule has 2 fully saturated rings. The Kier molecular flexibility index (Phi) is 5.28. The number of rotatable bonds is 4. The van der Waals surface area contributed by atoms with Crippen LogP contribution in [0.5, 0.6) is 0 Å². The summed E-state index contributed by atoms with van der Waals surface area (Å²) in [5, 5.41) is 2.93. The second-order valence-corrected chi connectivity index (χ2v) is 6.38. The van der Waals surface area contributed by atoms with Crippen LogP contribution in [0.25, 0.3) is 0 Å². The summed E-state index contributed by atoms with van der Waals surface area (Å²) in [4.78, 5) is 26.2. The van der Waals surface area contributed by atoms with Crippen molar-refractivity contribution in [2.75, 3.05) is 31.6 Å². The van der Waals surface area contributed by atoms with Crippen LogP contribution < -0.4 is 5.32 Å². The quantitative estimate of drug-likeness (QED) is 0.929. The molecule has 124 valence electrons. The van der Waals surface area contributed by atoms with Crippen molar-refractivity contribution in [2.24, 2.45) is 5.92 Å². The van der Waals surface area contributed by atoms with Gasteiger partial charge in [-0.2, -0.15) is 0 Å². The molecular formula is C18H24N2O3. The van der Waals surface area contributed by atoms with Crippen LogP contribution in [0.1, 0.15) is 42.5 Å². The van der Waals surface area contributed by atoms with Crippen molar-refractivity contribution in [1.29, 1.82) is 0 Å². The summed E-state index contributed by atoms with van der Waals surface area (Å²) in [5.74, 6) is 0.637. The van der Waals surface area contributed by atoms with Crippen LogP contribution in [0.15, 0.2) is 24.3 Å². The van der Waals surface area contributed by atoms with E-state index in [1.165, 1.54) is 25.7 Å². The molecule has 0 spiro atoms. The molecule has 0 unspecified atom stereocenters. The first-order valence-electron chi connectivity index (χ1n) is 8.49. The number of carbonyl (C=O) groups excluding carboxylic acids is 2. The topological polar surface area (TPSA) is 58.6 Å². The van der Waals surface area contributed by atoms with Crippen molar-refractivity contribution in [1.82, 2.24) is 4.90 Å². The summed E-state index contributed by atoms with van der Waals surface area (Å²) in [6, 6.07) is 7.17. The molecular weight excluding hydrogens is 292 g/mol. The minimum absolute atomic E-state index is 0.0251. The number of ether oxygens (including phenoxy) is 1. The SMILES string of the molecule is O=C(CC1CCCC1)Nc1ccc(C(=O)N2CCOCC2)cc1. The number of anilines is 1. The molecule has 2 amide bonds. The van der Waals surface area contributed by atoms with Crippen molar-refractivity contribution in [3.8, 4) is 0 Å². The summed E-state index contributed by atoms with van der Waals surface area (Å²) in [6.45, 7) is 2.47. The zero-order chi connectivity index (χ0) is 16.1. The largest absolute Gasteiger partial charge is 0.378 e. The number of amides is 2. The lowest BCUT2D eigenvalue weighted by molar-refractivity contribution is -0.117. The molecule has 1 saturated carbocycles. The van der Waals surface area contributed by atoms with Gasteiger partial charge in [-0.1, -0.05) is 12.8 Å². The maximum Gasteiger partial charge on any atom is 0.254 e. The molecule has 0 radical (unpaired) electrons. The predicted molar refractivity (Wildman–Crippen MR) is 88.4 cm³/mol. The van der Waals surface area contributed by atoms with Crippen molar-refractivity contribution in [3.05, 3.63) is 29.8 Å². The molecule has 1 aliphatic carbocycles. The minimum atomic E-state index is 0.0251. The van der Waals surface area contributed by atoms with Gasteiger partial charge in [0.25, 0.3) is 5.91 Å². The van der Waals surface area contributed by atoms with Gasteiger partial charge in [0.15, 0.2) is 0 Å². The number of hydrogen-bond donors (Lipinski definition) is 1. The summed E-state index contributed by atoms with van der Waals surface area (Å²) >= 11 is 0. The highest BCUT2D eigenvalue weighted by atomic mass is 16.5. The average Bonchev–Trinajstić information content (AvgIpc) is 3.08. The van der Waals surface area contributed by atoms with Gasteiger partial charge in [0, 0.05) is 30.8 Å². The Hall–Kier alpha value is -1.88. The van der Waals surface area contributed by atoms with Gasteiger partial charge >= 0.3 is 0 Å². The molecule has 1 aromatic carbocycles. The molecule has 0 bridgehead atoms. The fourth-order valence-corrected chi connectivity index (χ4v) is 3.33. The summed E-state index contributed by atoms with van der Waals surface area (Å²) < 4.78 is 5.26. The first kappa shape index (κ1) is 16.0. The van der Waals surface area contributed by atoms with Crippen LogP contribution in [0.3, 0.4) is 0 Å². The Labute approximate surface area is 137 Å². The third kappa shape index (κ3) is 4.32. The van der Waals surface area contributed by atoms with Gasteiger partial charge in [-0.05, 0) is 43.0 Å². The fraction of sp³-hybridized carbons (Fsp3) is 0.556. The van der Waals surface area contributed by atoms with Crippen LogP contribution in [-0.2, 0) is 9.53 Å². The van der Waals surface area contributed by atoms with Gasteiger partial charge in [0.1, 0.15) is 0 Å². The Bertz CT molecular complexity index is 544. The number of morpholine rings is 1. The van der Waals surface area contributed by atoms with Crippen molar-refractivity contribution < 1.29 is 14.3 Å². The van der Waals surface area contributed by atoms with E-state index < -0.39 is 0 Å². The molecule has 0 aromatic heterocycles. The van der Waals surface area contributed by atoms with Crippen molar-refractivity contribution in [3.63, 3.8) is 0 Å². The second kappa shape index (κ2) is 7.59. The number of benzene rings is 1. The van der Waals surface area contributed by atoms with Gasteiger partial charge in [-0.3, -0.25) is 9.59 Å². The lowest BCUT2D eigenvalue weighted by Gasteiger charge is -2.26. The Balaban J connectivity index is 1.53. The summed E-state index contributed by atoms with van der Waals surface area (Å²) in [7, 11) is 0. The number of carbonyl (C=O) groups is 2. The van der Waals surface area contributed by atoms with E-state index in [1.807, 2.05) is 0 Å². The van der Waals surface area contributed by atoms with Gasteiger partial charge in [0.05, 0.1) is 13.2 Å². The fourth-order valence-electron chi connectivity index (χ4n) is 3.33. The van der Waals surface area contributed by atoms with E-state index in [9.17, 15) is 9.59 Å². The predicted octanol–water partition coefficient (Wildman–Crippen LogP) is 2.68. The Morgan fingerprint density at radius 1 is 1.09 bits per heavy atom. The zero-order valence-corrected chi connectivity index (χ0v) is 13.4. The Morgan fingerprint density at radius 3 is 2.39 bits per heavy atom.